The van der Waals surface area contributed by atoms with Crippen LogP contribution in [0, 0.1) is 0 Å². The maximum atomic E-state index is 11.7. The van der Waals surface area contributed by atoms with Gasteiger partial charge in [-0.05, 0) is 12.8 Å². The smallest absolute Gasteiger partial charge is 0.268 e. The minimum Gasteiger partial charge on any atom is -0.348 e. The molecule has 94 valence electrons. The molecule has 18 heavy (non-hydrogen) atoms. The summed E-state index contributed by atoms with van der Waals surface area (Å²) in [5, 5.41) is 6.55. The van der Waals surface area contributed by atoms with Crippen LogP contribution in [-0.4, -0.2) is 33.5 Å². The third-order valence-corrected chi connectivity index (χ3v) is 3.29. The van der Waals surface area contributed by atoms with E-state index >= 15 is 0 Å². The molecule has 2 aliphatic rings. The number of rotatable bonds is 3. The molecule has 3 N–H and O–H groups in total. The largest absolute Gasteiger partial charge is 0.348 e. The molecule has 0 atom stereocenters. The molecule has 0 saturated heterocycles. The van der Waals surface area contributed by atoms with Gasteiger partial charge in [0.1, 0.15) is 11.5 Å². The zero-order valence-electron chi connectivity index (χ0n) is 9.64. The fourth-order valence-electron chi connectivity index (χ4n) is 2.22. The number of carbonyl (C=O) groups excluding carboxylic acids is 2. The maximum Gasteiger partial charge on any atom is 0.268 e. The zero-order valence-corrected chi connectivity index (χ0v) is 9.64. The molecule has 1 saturated carbocycles. The summed E-state index contributed by atoms with van der Waals surface area (Å²) < 4.78 is 0. The van der Waals surface area contributed by atoms with E-state index in [-0.39, 0.29) is 30.0 Å². The first kappa shape index (κ1) is 10.9. The van der Waals surface area contributed by atoms with Crippen molar-refractivity contribution in [1.29, 1.82) is 0 Å². The van der Waals surface area contributed by atoms with E-state index in [1.54, 1.807) is 12.4 Å². The summed E-state index contributed by atoms with van der Waals surface area (Å²) in [6.45, 7) is 0. The van der Waals surface area contributed by atoms with Crippen molar-refractivity contribution in [1.82, 2.24) is 20.7 Å². The molecule has 0 unspecified atom stereocenters. The molecule has 7 nitrogen and oxygen atoms in total. The van der Waals surface area contributed by atoms with E-state index in [2.05, 4.69) is 25.8 Å². The van der Waals surface area contributed by atoms with Crippen LogP contribution in [-0.2, 0) is 9.59 Å². The van der Waals surface area contributed by atoms with Crippen molar-refractivity contribution in [3.8, 4) is 0 Å². The second-order valence-electron chi connectivity index (χ2n) is 4.58. The lowest BCUT2D eigenvalue weighted by molar-refractivity contribution is -0.120. The van der Waals surface area contributed by atoms with Crippen LogP contribution >= 0.6 is 0 Å². The highest BCUT2D eigenvalue weighted by atomic mass is 16.2. The number of hydrogen-bond acceptors (Lipinski definition) is 4. The Labute approximate surface area is 103 Å². The lowest BCUT2D eigenvalue weighted by Crippen LogP contribution is -2.46. The lowest BCUT2D eigenvalue weighted by Gasteiger charge is -2.34. The number of aromatic nitrogens is 2. The SMILES string of the molecule is O=C1CC(C(=O)NC2CC(c3ncc[nH]3)C2)=NN1. The average Bonchev–Trinajstić information content (AvgIpc) is 2.93. The summed E-state index contributed by atoms with van der Waals surface area (Å²) in [6, 6.07) is 0.144. The third kappa shape index (κ3) is 1.99. The number of hydrogen-bond donors (Lipinski definition) is 3. The second-order valence-corrected chi connectivity index (χ2v) is 4.58. The Hall–Kier alpha value is -2.18. The van der Waals surface area contributed by atoms with Gasteiger partial charge in [-0.15, -0.1) is 0 Å². The highest BCUT2D eigenvalue weighted by Crippen LogP contribution is 2.34. The first-order chi connectivity index (χ1) is 8.72. The van der Waals surface area contributed by atoms with Crippen molar-refractivity contribution in [2.45, 2.75) is 31.2 Å². The Morgan fingerprint density at radius 2 is 2.28 bits per heavy atom. The van der Waals surface area contributed by atoms with Gasteiger partial charge < -0.3 is 10.3 Å². The van der Waals surface area contributed by atoms with E-state index in [9.17, 15) is 9.59 Å². The molecule has 1 aromatic heterocycles. The number of nitrogens with one attached hydrogen (secondary N) is 3. The normalized spacial score (nSPS) is 26.2. The van der Waals surface area contributed by atoms with Crippen LogP contribution in [0.15, 0.2) is 17.5 Å². The standard InChI is InChI=1S/C11H13N5O2/c17-9-5-8(15-16-9)11(18)14-7-3-6(4-7)10-12-1-2-13-10/h1-2,6-7H,3-5H2,(H,12,13)(H,14,18)(H,16,17). The van der Waals surface area contributed by atoms with Crippen LogP contribution in [0.1, 0.15) is 31.0 Å². The van der Waals surface area contributed by atoms with Crippen molar-refractivity contribution in [2.24, 2.45) is 5.10 Å². The highest BCUT2D eigenvalue weighted by molar-refractivity contribution is 6.43. The fourth-order valence-corrected chi connectivity index (χ4v) is 2.22. The molecule has 0 spiro atoms. The summed E-state index contributed by atoms with van der Waals surface area (Å²) in [7, 11) is 0. The zero-order chi connectivity index (χ0) is 12.5. The first-order valence-electron chi connectivity index (χ1n) is 5.88. The van der Waals surface area contributed by atoms with E-state index in [0.717, 1.165) is 18.7 Å². The van der Waals surface area contributed by atoms with Gasteiger partial charge in [0.25, 0.3) is 5.91 Å². The van der Waals surface area contributed by atoms with Crippen LogP contribution in [0.4, 0.5) is 0 Å². The number of amides is 2. The Bertz CT molecular complexity index is 502. The van der Waals surface area contributed by atoms with Crippen LogP contribution in [0.2, 0.25) is 0 Å². The van der Waals surface area contributed by atoms with E-state index in [1.165, 1.54) is 0 Å². The van der Waals surface area contributed by atoms with Gasteiger partial charge in [0.15, 0.2) is 0 Å². The van der Waals surface area contributed by atoms with Crippen LogP contribution < -0.4 is 10.7 Å². The van der Waals surface area contributed by atoms with Crippen molar-refractivity contribution < 1.29 is 9.59 Å². The number of H-pyrrole nitrogens is 1. The minimum absolute atomic E-state index is 0.0696. The molecule has 2 amide bonds. The summed E-state index contributed by atoms with van der Waals surface area (Å²) in [4.78, 5) is 29.9. The predicted octanol–water partition coefficient (Wildman–Crippen LogP) is -0.352. The van der Waals surface area contributed by atoms with Crippen LogP contribution in [0.3, 0.4) is 0 Å². The molecule has 1 aliphatic carbocycles. The summed E-state index contributed by atoms with van der Waals surface area (Å²) in [5.74, 6) is 0.865. The van der Waals surface area contributed by atoms with Crippen LogP contribution in [0.25, 0.3) is 0 Å². The number of imidazole rings is 1. The van der Waals surface area contributed by atoms with Gasteiger partial charge in [0, 0.05) is 24.4 Å². The molecular formula is C11H13N5O2. The lowest BCUT2D eigenvalue weighted by atomic mass is 9.79. The third-order valence-electron chi connectivity index (χ3n) is 3.29. The van der Waals surface area contributed by atoms with E-state index < -0.39 is 0 Å². The molecule has 7 heteroatoms. The van der Waals surface area contributed by atoms with E-state index in [0.29, 0.717) is 5.92 Å². The monoisotopic (exact) mass is 247 g/mol. The first-order valence-corrected chi connectivity index (χ1v) is 5.88. The van der Waals surface area contributed by atoms with Gasteiger partial charge in [-0.25, -0.2) is 10.4 Å². The molecule has 1 aromatic rings. The number of nitrogens with zero attached hydrogens (tertiary/aromatic N) is 2. The average molecular weight is 247 g/mol. The molecule has 3 rings (SSSR count). The topological polar surface area (TPSA) is 99.2 Å². The van der Waals surface area contributed by atoms with Gasteiger partial charge >= 0.3 is 0 Å². The van der Waals surface area contributed by atoms with E-state index in [4.69, 9.17) is 0 Å². The molecule has 0 bridgehead atoms. The minimum atomic E-state index is -0.253. The Morgan fingerprint density at radius 1 is 1.44 bits per heavy atom. The Morgan fingerprint density at radius 3 is 2.89 bits per heavy atom. The van der Waals surface area contributed by atoms with Gasteiger partial charge in [0.2, 0.25) is 5.91 Å². The van der Waals surface area contributed by atoms with E-state index in [1.807, 2.05) is 0 Å². The molecule has 2 heterocycles. The Kier molecular flexibility index (Phi) is 2.58. The summed E-state index contributed by atoms with van der Waals surface area (Å²) >= 11 is 0. The molecule has 1 aliphatic heterocycles. The summed E-state index contributed by atoms with van der Waals surface area (Å²) in [6.07, 6.45) is 5.33. The van der Waals surface area contributed by atoms with Crippen LogP contribution in [0.5, 0.6) is 0 Å². The number of carbonyl (C=O) groups is 2. The maximum absolute atomic E-state index is 11.7. The van der Waals surface area contributed by atoms with Crippen molar-refractivity contribution in [3.63, 3.8) is 0 Å². The molecule has 0 aromatic carbocycles. The molecule has 1 fully saturated rings. The number of aromatic amines is 1. The quantitative estimate of drug-likeness (QED) is 0.680. The number of hydrazone groups is 1. The molecule has 0 radical (unpaired) electrons. The summed E-state index contributed by atoms with van der Waals surface area (Å²) in [5.41, 5.74) is 2.53. The fraction of sp³-hybridized carbons (Fsp3) is 0.455. The van der Waals surface area contributed by atoms with Gasteiger partial charge in [0.05, 0.1) is 6.42 Å². The molecular weight excluding hydrogens is 234 g/mol. The second kappa shape index (κ2) is 4.25. The van der Waals surface area contributed by atoms with Crippen molar-refractivity contribution in [3.05, 3.63) is 18.2 Å². The van der Waals surface area contributed by atoms with Crippen molar-refractivity contribution in [2.75, 3.05) is 0 Å². The van der Waals surface area contributed by atoms with Crippen molar-refractivity contribution >= 4 is 17.5 Å². The predicted molar refractivity (Wildman–Crippen MR) is 62.7 cm³/mol. The van der Waals surface area contributed by atoms with Gasteiger partial charge in [-0.1, -0.05) is 0 Å². The van der Waals surface area contributed by atoms with Gasteiger partial charge in [-0.2, -0.15) is 5.10 Å². The van der Waals surface area contributed by atoms with Gasteiger partial charge in [-0.3, -0.25) is 9.59 Å². The highest BCUT2D eigenvalue weighted by Gasteiger charge is 2.34. The Balaban J connectivity index is 1.49.